The van der Waals surface area contributed by atoms with Gasteiger partial charge in [-0.15, -0.1) is 0 Å². The summed E-state index contributed by atoms with van der Waals surface area (Å²) in [4.78, 5) is 11.4. The van der Waals surface area contributed by atoms with Crippen molar-refractivity contribution in [2.45, 2.75) is 32.6 Å². The molecule has 0 saturated heterocycles. The second-order valence-corrected chi connectivity index (χ2v) is 3.62. The number of allylic oxidation sites excluding steroid dienone is 1. The van der Waals surface area contributed by atoms with Crippen molar-refractivity contribution in [2.24, 2.45) is 5.92 Å². The minimum absolute atomic E-state index is 0.0605. The first-order valence-corrected chi connectivity index (χ1v) is 4.69. The van der Waals surface area contributed by atoms with Crippen molar-refractivity contribution < 1.29 is 9.53 Å². The summed E-state index contributed by atoms with van der Waals surface area (Å²) < 4.78 is 4.98. The van der Waals surface area contributed by atoms with Crippen LogP contribution in [0.1, 0.15) is 32.6 Å². The topological polar surface area (TPSA) is 26.3 Å². The molecular weight excluding hydrogens is 152 g/mol. The largest absolute Gasteiger partial charge is 0.463 e. The predicted molar refractivity (Wildman–Crippen MR) is 45.6 cm³/mol. The third-order valence-electron chi connectivity index (χ3n) is 2.83. The van der Waals surface area contributed by atoms with Gasteiger partial charge >= 0.3 is 5.97 Å². The third kappa shape index (κ3) is 1.15. The number of fused-ring (bicyclic) bond motifs is 2. The van der Waals surface area contributed by atoms with E-state index in [2.05, 4.69) is 0 Å². The first kappa shape index (κ1) is 7.84. The number of carbonyl (C=O) groups excluding carboxylic acids is 1. The molecule has 1 fully saturated rings. The zero-order valence-electron chi connectivity index (χ0n) is 7.43. The molecule has 66 valence electrons. The Balaban J connectivity index is 2.09. The summed E-state index contributed by atoms with van der Waals surface area (Å²) in [5, 5.41) is 0. The van der Waals surface area contributed by atoms with Crippen LogP contribution in [0.15, 0.2) is 11.1 Å². The Hall–Kier alpha value is -0.790. The fraction of sp³-hybridized carbons (Fsp3) is 0.700. The summed E-state index contributed by atoms with van der Waals surface area (Å²) in [6, 6.07) is 0. The average Bonchev–Trinajstić information content (AvgIpc) is 2.64. The molecule has 1 saturated carbocycles. The number of esters is 1. The zero-order chi connectivity index (χ0) is 8.55. The molecule has 0 aromatic rings. The number of rotatable bonds is 2. The molecule has 12 heavy (non-hydrogen) atoms. The SMILES string of the molecule is CCOC(=O)C1=C2CCC(C2)C1. The van der Waals surface area contributed by atoms with Gasteiger partial charge in [0.05, 0.1) is 6.61 Å². The van der Waals surface area contributed by atoms with Crippen molar-refractivity contribution in [3.63, 3.8) is 0 Å². The molecule has 0 aromatic heterocycles. The minimum atomic E-state index is -0.0605. The quantitative estimate of drug-likeness (QED) is 0.587. The van der Waals surface area contributed by atoms with Gasteiger partial charge in [0.1, 0.15) is 0 Å². The van der Waals surface area contributed by atoms with Crippen LogP contribution in [0, 0.1) is 5.92 Å². The van der Waals surface area contributed by atoms with Gasteiger partial charge in [-0.2, -0.15) is 0 Å². The van der Waals surface area contributed by atoms with Crippen molar-refractivity contribution in [2.75, 3.05) is 6.61 Å². The van der Waals surface area contributed by atoms with Crippen LogP contribution in [0.25, 0.3) is 0 Å². The van der Waals surface area contributed by atoms with Gasteiger partial charge in [-0.3, -0.25) is 0 Å². The smallest absolute Gasteiger partial charge is 0.333 e. The van der Waals surface area contributed by atoms with E-state index in [0.29, 0.717) is 6.61 Å². The lowest BCUT2D eigenvalue weighted by Gasteiger charge is -2.10. The molecule has 2 bridgehead atoms. The maximum Gasteiger partial charge on any atom is 0.333 e. The van der Waals surface area contributed by atoms with Gasteiger partial charge < -0.3 is 4.74 Å². The lowest BCUT2D eigenvalue weighted by molar-refractivity contribution is -0.138. The second kappa shape index (κ2) is 2.92. The van der Waals surface area contributed by atoms with E-state index >= 15 is 0 Å². The highest BCUT2D eigenvalue weighted by Crippen LogP contribution is 2.44. The highest BCUT2D eigenvalue weighted by Gasteiger charge is 2.33. The van der Waals surface area contributed by atoms with Crippen LogP contribution in [0.5, 0.6) is 0 Å². The van der Waals surface area contributed by atoms with Crippen LogP contribution >= 0.6 is 0 Å². The molecule has 0 aliphatic heterocycles. The Labute approximate surface area is 72.6 Å². The summed E-state index contributed by atoms with van der Waals surface area (Å²) in [5.41, 5.74) is 2.37. The van der Waals surface area contributed by atoms with Gasteiger partial charge in [0.25, 0.3) is 0 Å². The molecular formula is C10H14O2. The summed E-state index contributed by atoms with van der Waals surface area (Å²) >= 11 is 0. The Bertz CT molecular complexity index is 240. The van der Waals surface area contributed by atoms with E-state index in [9.17, 15) is 4.79 Å². The van der Waals surface area contributed by atoms with E-state index in [1.807, 2.05) is 6.92 Å². The van der Waals surface area contributed by atoms with Crippen LogP contribution in [0.4, 0.5) is 0 Å². The van der Waals surface area contributed by atoms with Crippen LogP contribution in [0.2, 0.25) is 0 Å². The van der Waals surface area contributed by atoms with Gasteiger partial charge in [0.15, 0.2) is 0 Å². The monoisotopic (exact) mass is 166 g/mol. The van der Waals surface area contributed by atoms with Crippen molar-refractivity contribution in [1.29, 1.82) is 0 Å². The normalized spacial score (nSPS) is 26.6. The highest BCUT2D eigenvalue weighted by atomic mass is 16.5. The van der Waals surface area contributed by atoms with E-state index in [1.54, 1.807) is 0 Å². The van der Waals surface area contributed by atoms with E-state index in [0.717, 1.165) is 30.8 Å². The molecule has 2 rings (SSSR count). The number of carbonyl (C=O) groups is 1. The van der Waals surface area contributed by atoms with Crippen molar-refractivity contribution in [3.05, 3.63) is 11.1 Å². The summed E-state index contributed by atoms with van der Waals surface area (Å²) in [6.45, 7) is 2.36. The van der Waals surface area contributed by atoms with Gasteiger partial charge in [-0.25, -0.2) is 4.79 Å². The standard InChI is InChI=1S/C10H14O2/c1-2-12-10(11)9-6-7-3-4-8(9)5-7/h7H,2-6H2,1H3. The zero-order valence-corrected chi connectivity index (χ0v) is 7.43. The van der Waals surface area contributed by atoms with E-state index < -0.39 is 0 Å². The predicted octanol–water partition coefficient (Wildman–Crippen LogP) is 2.05. The van der Waals surface area contributed by atoms with E-state index in [4.69, 9.17) is 4.74 Å². The van der Waals surface area contributed by atoms with Gasteiger partial charge in [0.2, 0.25) is 0 Å². The van der Waals surface area contributed by atoms with Crippen LogP contribution in [0.3, 0.4) is 0 Å². The van der Waals surface area contributed by atoms with Crippen molar-refractivity contribution in [3.8, 4) is 0 Å². The molecule has 0 radical (unpaired) electrons. The number of ether oxygens (including phenoxy) is 1. The number of hydrogen-bond donors (Lipinski definition) is 0. The van der Waals surface area contributed by atoms with E-state index in [-0.39, 0.29) is 5.97 Å². The molecule has 0 amide bonds. The Kier molecular flexibility index (Phi) is 1.91. The molecule has 2 aliphatic rings. The third-order valence-corrected chi connectivity index (χ3v) is 2.83. The van der Waals surface area contributed by atoms with E-state index in [1.165, 1.54) is 12.0 Å². The maximum atomic E-state index is 11.4. The van der Waals surface area contributed by atoms with Gasteiger partial charge in [0, 0.05) is 5.57 Å². The molecule has 2 nitrogen and oxygen atoms in total. The van der Waals surface area contributed by atoms with Gasteiger partial charge in [-0.1, -0.05) is 5.57 Å². The number of hydrogen-bond acceptors (Lipinski definition) is 2. The van der Waals surface area contributed by atoms with Gasteiger partial charge in [-0.05, 0) is 38.5 Å². The summed E-state index contributed by atoms with van der Waals surface area (Å²) in [5.74, 6) is 0.703. The fourth-order valence-corrected chi connectivity index (χ4v) is 2.26. The molecule has 0 spiro atoms. The Morgan fingerprint density at radius 3 is 2.92 bits per heavy atom. The van der Waals surface area contributed by atoms with Crippen molar-refractivity contribution >= 4 is 5.97 Å². The minimum Gasteiger partial charge on any atom is -0.463 e. The molecule has 1 atom stereocenters. The lowest BCUT2D eigenvalue weighted by Crippen LogP contribution is -2.10. The van der Waals surface area contributed by atoms with Crippen molar-refractivity contribution in [1.82, 2.24) is 0 Å². The lowest BCUT2D eigenvalue weighted by atomic mass is 9.99. The molecule has 2 heteroatoms. The average molecular weight is 166 g/mol. The Morgan fingerprint density at radius 1 is 1.58 bits per heavy atom. The van der Waals surface area contributed by atoms with Crippen LogP contribution in [-0.2, 0) is 9.53 Å². The van der Waals surface area contributed by atoms with Crippen LogP contribution in [-0.4, -0.2) is 12.6 Å². The molecule has 0 heterocycles. The summed E-state index contributed by atoms with van der Waals surface area (Å²) in [7, 11) is 0. The highest BCUT2D eigenvalue weighted by molar-refractivity contribution is 5.90. The fourth-order valence-electron chi connectivity index (χ4n) is 2.26. The molecule has 2 aliphatic carbocycles. The molecule has 1 unspecified atom stereocenters. The Morgan fingerprint density at radius 2 is 2.42 bits per heavy atom. The second-order valence-electron chi connectivity index (χ2n) is 3.62. The first-order chi connectivity index (χ1) is 5.81. The molecule has 0 N–H and O–H groups in total. The first-order valence-electron chi connectivity index (χ1n) is 4.69. The maximum absolute atomic E-state index is 11.4. The summed E-state index contributed by atoms with van der Waals surface area (Å²) in [6.07, 6.45) is 4.57. The molecule has 0 aromatic carbocycles. The van der Waals surface area contributed by atoms with Crippen LogP contribution < -0.4 is 0 Å².